The first-order valence-corrected chi connectivity index (χ1v) is 29.2. The van der Waals surface area contributed by atoms with E-state index < -0.39 is 160 Å². The average Bonchev–Trinajstić information content (AvgIpc) is 3.50. The van der Waals surface area contributed by atoms with Crippen molar-refractivity contribution in [3.63, 3.8) is 0 Å². The second-order valence-corrected chi connectivity index (χ2v) is 26.4. The Labute approximate surface area is 509 Å². The van der Waals surface area contributed by atoms with Gasteiger partial charge in [-0.1, -0.05) is 73.4 Å². The molecule has 1 N–H and O–H groups in total. The second kappa shape index (κ2) is 33.8. The zero-order valence-electron chi connectivity index (χ0n) is 50.2. The van der Waals surface area contributed by atoms with Crippen molar-refractivity contribution in [1.29, 1.82) is 0 Å². The summed E-state index contributed by atoms with van der Waals surface area (Å²) in [4.78, 5) is 116. The maximum Gasteiger partial charge on any atom is 0.324 e. The van der Waals surface area contributed by atoms with Crippen molar-refractivity contribution < 1.29 is 124 Å². The van der Waals surface area contributed by atoms with Crippen LogP contribution in [-0.4, -0.2) is 185 Å². The Morgan fingerprint density at radius 1 is 0.373 bits per heavy atom. The molecule has 0 bridgehead atoms. The number of carbonyl (C=O) groups is 10. The van der Waals surface area contributed by atoms with E-state index in [1.54, 1.807) is 41.5 Å². The lowest BCUT2D eigenvalue weighted by Gasteiger charge is -2.48. The molecule has 0 aromatic rings. The molecular weight excluding hydrogens is 1300 g/mol. The first-order chi connectivity index (χ1) is 38.2. The monoisotopic (exact) mass is 1380 g/mol. The van der Waals surface area contributed by atoms with E-state index in [4.69, 9.17) is 71.1 Å². The standard InChI is InChI=1S/C27H41BrO13.C23H36O12.C4H6Br2O/c1-12-13(2)22(36-17(6)31)24(38-19(12)10-34-15(4)29)40-21-14(3)23(37-18(7)32)25(41-26(33)27(8,9)28)39-20(21)11-35-16(5)30;1-10-11(2)21(32-16(7)27)23(34-17(10)8-29-13(4)24)35-19-12(3)20(31-15(6)26)22(28)33-18(19)9-30-14(5)25;1-4(2,6)3(5)7/h12-14,19-25H,10-11H2,1-9H3;10-12,17-23,28H,8-9H2,1-7H3;1-2H3. The highest BCUT2D eigenvalue weighted by Crippen LogP contribution is 2.40. The lowest BCUT2D eigenvalue weighted by Crippen LogP contribution is -2.61. The second-order valence-electron chi connectivity index (χ2n) is 21.7. The minimum Gasteiger partial charge on any atom is -0.463 e. The van der Waals surface area contributed by atoms with Gasteiger partial charge >= 0.3 is 53.7 Å². The first-order valence-electron chi connectivity index (χ1n) is 26.8. The fourth-order valence-corrected chi connectivity index (χ4v) is 8.99. The number of alkyl halides is 2. The number of aliphatic hydroxyl groups excluding tert-OH is 1. The number of halogens is 3. The van der Waals surface area contributed by atoms with Gasteiger partial charge in [0, 0.05) is 79.1 Å². The predicted molar refractivity (Wildman–Crippen MR) is 296 cm³/mol. The van der Waals surface area contributed by atoms with Crippen LogP contribution in [0.25, 0.3) is 0 Å². The zero-order valence-corrected chi connectivity index (χ0v) is 54.9. The van der Waals surface area contributed by atoms with E-state index in [1.165, 1.54) is 55.4 Å². The fourth-order valence-electron chi connectivity index (χ4n) is 8.90. The number of esters is 9. The van der Waals surface area contributed by atoms with Gasteiger partial charge in [0.1, 0.15) is 43.0 Å². The molecule has 0 radical (unpaired) electrons. The van der Waals surface area contributed by atoms with Crippen molar-refractivity contribution in [3.8, 4) is 0 Å². The molecule has 4 rings (SSSR count). The lowest BCUT2D eigenvalue weighted by atomic mass is 9.83. The Balaban J connectivity index is 0.000000512. The van der Waals surface area contributed by atoms with Gasteiger partial charge in [0.2, 0.25) is 11.0 Å². The molecule has 29 heteroatoms. The molecule has 476 valence electrons. The average molecular weight is 1390 g/mol. The summed E-state index contributed by atoms with van der Waals surface area (Å²) in [5, 5.41) is 10.4. The molecule has 4 aliphatic rings. The zero-order chi connectivity index (χ0) is 63.8. The minimum atomic E-state index is -1.48. The van der Waals surface area contributed by atoms with Gasteiger partial charge in [0.15, 0.2) is 43.3 Å². The Morgan fingerprint density at radius 3 is 0.952 bits per heavy atom. The third kappa shape index (κ3) is 24.4. The van der Waals surface area contributed by atoms with E-state index >= 15 is 0 Å². The molecule has 0 spiro atoms. The topological polar surface area (TPSA) is 329 Å². The van der Waals surface area contributed by atoms with Gasteiger partial charge in [-0.15, -0.1) is 0 Å². The summed E-state index contributed by atoms with van der Waals surface area (Å²) in [6.07, 6.45) is -14.0. The number of ether oxygens (including phenoxy) is 15. The number of rotatable bonds is 19. The SMILES string of the molecule is CC(=O)OCC1OC(OC2C(COC(C)=O)OC(O)C(OC(C)=O)C2C)C(OC(C)=O)C(C)C1C.CC(=O)OCC1OC(OC2C(COC(C)=O)OC(OC(=O)C(C)(C)Br)C(OC(C)=O)C2C)C(OC(C)=O)C(C)C1C.CC(C)(Br)C(=O)Br. The van der Waals surface area contributed by atoms with Crippen molar-refractivity contribution in [2.45, 2.75) is 219 Å². The van der Waals surface area contributed by atoms with Crippen molar-refractivity contribution in [1.82, 2.24) is 0 Å². The number of carbonyl (C=O) groups excluding carboxylic acids is 10. The van der Waals surface area contributed by atoms with E-state index in [1.807, 2.05) is 27.7 Å². The van der Waals surface area contributed by atoms with Crippen LogP contribution in [0.4, 0.5) is 0 Å². The van der Waals surface area contributed by atoms with E-state index in [0.717, 1.165) is 0 Å². The maximum absolute atomic E-state index is 12.7. The van der Waals surface area contributed by atoms with Gasteiger partial charge in [-0.05, 0) is 55.5 Å². The molecule has 0 aromatic carbocycles. The van der Waals surface area contributed by atoms with Crippen LogP contribution in [0.3, 0.4) is 0 Å². The summed E-state index contributed by atoms with van der Waals surface area (Å²) in [7, 11) is 0. The maximum atomic E-state index is 12.7. The van der Waals surface area contributed by atoms with Crippen LogP contribution < -0.4 is 0 Å². The Kier molecular flexibility index (Phi) is 30.6. The van der Waals surface area contributed by atoms with Crippen LogP contribution in [0, 0.1) is 35.5 Å². The molecular formula is C54H83Br3O26. The highest BCUT2D eigenvalue weighted by Gasteiger charge is 2.54. The number of hydrogen-bond acceptors (Lipinski definition) is 26. The lowest BCUT2D eigenvalue weighted by molar-refractivity contribution is -0.341. The highest BCUT2D eigenvalue weighted by molar-refractivity contribution is 9.20. The molecule has 0 aromatic heterocycles. The Hall–Kier alpha value is -3.94. The molecule has 4 fully saturated rings. The van der Waals surface area contributed by atoms with E-state index in [-0.39, 0.29) is 54.8 Å². The number of hydrogen-bond donors (Lipinski definition) is 1. The number of aliphatic hydroxyl groups is 1. The van der Waals surface area contributed by atoms with Crippen LogP contribution in [-0.2, 0) is 119 Å². The quantitative estimate of drug-likeness (QED) is 0.0749. The third-order valence-electron chi connectivity index (χ3n) is 13.8. The molecule has 26 nitrogen and oxygen atoms in total. The van der Waals surface area contributed by atoms with Crippen LogP contribution in [0.1, 0.15) is 125 Å². The molecule has 4 saturated heterocycles. The molecule has 0 saturated carbocycles. The van der Waals surface area contributed by atoms with Gasteiger partial charge in [-0.2, -0.15) is 0 Å². The molecule has 0 aliphatic carbocycles. The van der Waals surface area contributed by atoms with Crippen LogP contribution >= 0.6 is 47.8 Å². The van der Waals surface area contributed by atoms with Crippen molar-refractivity contribution in [3.05, 3.63) is 0 Å². The first kappa shape index (κ1) is 75.2. The van der Waals surface area contributed by atoms with Crippen LogP contribution in [0.5, 0.6) is 0 Å². The van der Waals surface area contributed by atoms with Crippen molar-refractivity contribution in [2.75, 3.05) is 26.4 Å². The molecule has 83 heavy (non-hydrogen) atoms. The van der Waals surface area contributed by atoms with Crippen LogP contribution in [0.15, 0.2) is 0 Å². The smallest absolute Gasteiger partial charge is 0.324 e. The summed E-state index contributed by atoms with van der Waals surface area (Å²) in [5.41, 5.74) is 0. The van der Waals surface area contributed by atoms with Crippen molar-refractivity contribution in [2.24, 2.45) is 35.5 Å². The summed E-state index contributed by atoms with van der Waals surface area (Å²) in [6, 6.07) is 0. The summed E-state index contributed by atoms with van der Waals surface area (Å²) >= 11 is 9.20. The van der Waals surface area contributed by atoms with Gasteiger partial charge in [0.05, 0.1) is 28.7 Å². The summed E-state index contributed by atoms with van der Waals surface area (Å²) in [6.45, 7) is 26.9. The molecule has 20 unspecified atom stereocenters. The molecule has 4 heterocycles. The van der Waals surface area contributed by atoms with Gasteiger partial charge in [0.25, 0.3) is 0 Å². The molecule has 4 aliphatic heterocycles. The highest BCUT2D eigenvalue weighted by atomic mass is 79.9. The molecule has 20 atom stereocenters. The molecule has 0 amide bonds. The largest absolute Gasteiger partial charge is 0.463 e. The predicted octanol–water partition coefficient (Wildman–Crippen LogP) is 5.23. The van der Waals surface area contributed by atoms with Gasteiger partial charge in [-0.3, -0.25) is 47.9 Å². The summed E-state index contributed by atoms with van der Waals surface area (Å²) in [5.74, 6) is -7.40. The Morgan fingerprint density at radius 2 is 0.651 bits per heavy atom. The van der Waals surface area contributed by atoms with Gasteiger partial charge < -0.3 is 76.2 Å². The van der Waals surface area contributed by atoms with Gasteiger partial charge in [-0.25, -0.2) is 0 Å². The van der Waals surface area contributed by atoms with E-state index in [2.05, 4.69) is 47.8 Å². The Bertz CT molecular complexity index is 2210. The van der Waals surface area contributed by atoms with E-state index in [9.17, 15) is 53.1 Å². The fraction of sp³-hybridized carbons (Fsp3) is 0.815. The minimum absolute atomic E-state index is 0.0278. The third-order valence-corrected chi connectivity index (χ3v) is 16.0. The van der Waals surface area contributed by atoms with Crippen LogP contribution in [0.2, 0.25) is 0 Å². The normalized spacial score (nSPS) is 33.3. The summed E-state index contributed by atoms with van der Waals surface area (Å²) < 4.78 is 83.1. The van der Waals surface area contributed by atoms with E-state index in [0.29, 0.717) is 0 Å². The van der Waals surface area contributed by atoms with Crippen molar-refractivity contribution >= 4 is 106 Å².